The molecule has 1 aliphatic carbocycles. The van der Waals surface area contributed by atoms with Gasteiger partial charge in [-0.1, -0.05) is 13.8 Å². The molecule has 0 bridgehead atoms. The Kier molecular flexibility index (Phi) is 5.99. The van der Waals surface area contributed by atoms with Crippen LogP contribution < -0.4 is 5.32 Å². The van der Waals surface area contributed by atoms with Gasteiger partial charge in [-0.15, -0.1) is 0 Å². The van der Waals surface area contributed by atoms with Gasteiger partial charge < -0.3 is 10.2 Å². The van der Waals surface area contributed by atoms with Gasteiger partial charge in [-0.05, 0) is 18.8 Å². The van der Waals surface area contributed by atoms with Gasteiger partial charge in [0.05, 0.1) is 12.5 Å². The second-order valence-corrected chi connectivity index (χ2v) is 5.12. The van der Waals surface area contributed by atoms with Crippen LogP contribution in [0.5, 0.6) is 0 Å². The molecule has 1 N–H and O–H groups in total. The van der Waals surface area contributed by atoms with E-state index in [1.165, 1.54) is 12.8 Å². The predicted molar refractivity (Wildman–Crippen MR) is 67.3 cm³/mol. The first-order chi connectivity index (χ1) is 8.13. The molecule has 0 atom stereocenters. The Morgan fingerprint density at radius 2 is 2.24 bits per heavy atom. The Labute approximate surface area is 104 Å². The highest BCUT2D eigenvalue weighted by molar-refractivity contribution is 5.76. The van der Waals surface area contributed by atoms with Crippen molar-refractivity contribution in [2.75, 3.05) is 19.6 Å². The van der Waals surface area contributed by atoms with Crippen LogP contribution >= 0.6 is 0 Å². The summed E-state index contributed by atoms with van der Waals surface area (Å²) in [6, 6.07) is 2.75. The van der Waals surface area contributed by atoms with Gasteiger partial charge in [0, 0.05) is 32.1 Å². The fourth-order valence-electron chi connectivity index (χ4n) is 1.77. The van der Waals surface area contributed by atoms with Crippen LogP contribution in [0.25, 0.3) is 0 Å². The second kappa shape index (κ2) is 7.29. The Morgan fingerprint density at radius 3 is 2.76 bits per heavy atom. The lowest BCUT2D eigenvalue weighted by Gasteiger charge is -2.23. The highest BCUT2D eigenvalue weighted by Gasteiger charge is 2.21. The number of carbonyl (C=O) groups is 1. The van der Waals surface area contributed by atoms with Crippen LogP contribution in [0.4, 0.5) is 0 Å². The van der Waals surface area contributed by atoms with Crippen molar-refractivity contribution in [1.82, 2.24) is 10.2 Å². The minimum atomic E-state index is 0.169. The smallest absolute Gasteiger partial charge is 0.223 e. The third kappa shape index (κ3) is 6.28. The molecule has 4 nitrogen and oxygen atoms in total. The maximum absolute atomic E-state index is 12.0. The van der Waals surface area contributed by atoms with E-state index in [1.807, 2.05) is 4.90 Å². The van der Waals surface area contributed by atoms with E-state index in [9.17, 15) is 4.79 Å². The van der Waals surface area contributed by atoms with Crippen molar-refractivity contribution in [3.05, 3.63) is 0 Å². The molecule has 1 rings (SSSR count). The first-order valence-electron chi connectivity index (χ1n) is 6.51. The maximum atomic E-state index is 12.0. The summed E-state index contributed by atoms with van der Waals surface area (Å²) in [5.74, 6) is 0.621. The summed E-state index contributed by atoms with van der Waals surface area (Å²) in [5.41, 5.74) is 0. The van der Waals surface area contributed by atoms with Crippen LogP contribution in [0.3, 0.4) is 0 Å². The number of hydrogen-bond acceptors (Lipinski definition) is 3. The van der Waals surface area contributed by atoms with E-state index < -0.39 is 0 Å². The van der Waals surface area contributed by atoms with Gasteiger partial charge in [0.25, 0.3) is 0 Å². The Morgan fingerprint density at radius 1 is 1.53 bits per heavy atom. The summed E-state index contributed by atoms with van der Waals surface area (Å²) < 4.78 is 0. The number of amides is 1. The lowest BCUT2D eigenvalue weighted by Crippen LogP contribution is -2.36. The molecule has 0 aromatic rings. The van der Waals surface area contributed by atoms with Gasteiger partial charge in [-0.2, -0.15) is 5.26 Å². The SMILES string of the molecule is CC(C)CN(CCC#N)C(=O)CCNC1CC1. The van der Waals surface area contributed by atoms with Gasteiger partial charge in [0.15, 0.2) is 0 Å². The standard InChI is InChI=1S/C13H23N3O/c1-11(2)10-16(9-3-7-14)13(17)6-8-15-12-4-5-12/h11-12,15H,3-6,8-10H2,1-2H3. The molecule has 0 aromatic heterocycles. The van der Waals surface area contributed by atoms with E-state index in [-0.39, 0.29) is 5.91 Å². The Bertz CT molecular complexity index is 279. The lowest BCUT2D eigenvalue weighted by molar-refractivity contribution is -0.131. The van der Waals surface area contributed by atoms with Gasteiger partial charge >= 0.3 is 0 Å². The van der Waals surface area contributed by atoms with Crippen LogP contribution in [0.15, 0.2) is 0 Å². The summed E-state index contributed by atoms with van der Waals surface area (Å²) >= 11 is 0. The molecular formula is C13H23N3O. The minimum Gasteiger partial charge on any atom is -0.341 e. The van der Waals surface area contributed by atoms with Crippen LogP contribution in [0.1, 0.15) is 39.5 Å². The largest absolute Gasteiger partial charge is 0.341 e. The van der Waals surface area contributed by atoms with Crippen molar-refractivity contribution >= 4 is 5.91 Å². The number of nitriles is 1. The molecule has 0 heterocycles. The average Bonchev–Trinajstić information content (AvgIpc) is 3.07. The molecule has 1 aliphatic rings. The summed E-state index contributed by atoms with van der Waals surface area (Å²) in [6.07, 6.45) is 3.47. The quantitative estimate of drug-likeness (QED) is 0.696. The number of rotatable bonds is 8. The van der Waals surface area contributed by atoms with Crippen molar-refractivity contribution in [3.63, 3.8) is 0 Å². The van der Waals surface area contributed by atoms with E-state index in [4.69, 9.17) is 5.26 Å². The van der Waals surface area contributed by atoms with Crippen molar-refractivity contribution in [1.29, 1.82) is 5.26 Å². The highest BCUT2D eigenvalue weighted by atomic mass is 16.2. The molecule has 0 radical (unpaired) electrons. The molecule has 4 heteroatoms. The molecule has 17 heavy (non-hydrogen) atoms. The third-order valence-electron chi connectivity index (χ3n) is 2.78. The molecule has 0 spiro atoms. The zero-order chi connectivity index (χ0) is 12.7. The van der Waals surface area contributed by atoms with Gasteiger partial charge in [0.1, 0.15) is 0 Å². The van der Waals surface area contributed by atoms with E-state index in [0.717, 1.165) is 13.1 Å². The number of hydrogen-bond donors (Lipinski definition) is 1. The zero-order valence-electron chi connectivity index (χ0n) is 10.9. The Balaban J connectivity index is 2.26. The van der Waals surface area contributed by atoms with Crippen LogP contribution in [0, 0.1) is 17.2 Å². The van der Waals surface area contributed by atoms with Crippen LogP contribution in [0.2, 0.25) is 0 Å². The molecule has 0 aliphatic heterocycles. The molecule has 1 fully saturated rings. The highest BCUT2D eigenvalue weighted by Crippen LogP contribution is 2.18. The van der Waals surface area contributed by atoms with Crippen molar-refractivity contribution < 1.29 is 4.79 Å². The van der Waals surface area contributed by atoms with E-state index >= 15 is 0 Å². The van der Waals surface area contributed by atoms with Crippen molar-refractivity contribution in [2.24, 2.45) is 5.92 Å². The number of nitrogens with one attached hydrogen (secondary N) is 1. The maximum Gasteiger partial charge on any atom is 0.223 e. The van der Waals surface area contributed by atoms with Crippen molar-refractivity contribution in [2.45, 2.75) is 45.6 Å². The molecule has 1 saturated carbocycles. The number of carbonyl (C=O) groups excluding carboxylic acids is 1. The predicted octanol–water partition coefficient (Wildman–Crippen LogP) is 1.53. The molecule has 96 valence electrons. The van der Waals surface area contributed by atoms with Crippen LogP contribution in [-0.4, -0.2) is 36.5 Å². The minimum absolute atomic E-state index is 0.169. The summed E-state index contributed by atoms with van der Waals surface area (Å²) in [5, 5.41) is 11.9. The summed E-state index contributed by atoms with van der Waals surface area (Å²) in [6.45, 7) is 6.27. The van der Waals surface area contributed by atoms with Gasteiger partial charge in [-0.3, -0.25) is 4.79 Å². The second-order valence-electron chi connectivity index (χ2n) is 5.12. The molecule has 0 saturated heterocycles. The fourth-order valence-corrected chi connectivity index (χ4v) is 1.77. The third-order valence-corrected chi connectivity index (χ3v) is 2.78. The molecule has 0 unspecified atom stereocenters. The first-order valence-corrected chi connectivity index (χ1v) is 6.51. The Hall–Kier alpha value is -1.08. The zero-order valence-corrected chi connectivity index (χ0v) is 10.9. The van der Waals surface area contributed by atoms with Gasteiger partial charge in [0.2, 0.25) is 5.91 Å². The monoisotopic (exact) mass is 237 g/mol. The first kappa shape index (κ1) is 14.0. The van der Waals surface area contributed by atoms with E-state index in [2.05, 4.69) is 25.2 Å². The van der Waals surface area contributed by atoms with Crippen LogP contribution in [-0.2, 0) is 4.79 Å². The van der Waals surface area contributed by atoms with E-state index in [1.54, 1.807) is 0 Å². The molecule has 0 aromatic carbocycles. The summed E-state index contributed by atoms with van der Waals surface area (Å²) in [4.78, 5) is 13.8. The van der Waals surface area contributed by atoms with Crippen molar-refractivity contribution in [3.8, 4) is 6.07 Å². The lowest BCUT2D eigenvalue weighted by atomic mass is 10.2. The average molecular weight is 237 g/mol. The van der Waals surface area contributed by atoms with E-state index in [0.29, 0.717) is 31.3 Å². The number of nitrogens with zero attached hydrogens (tertiary/aromatic N) is 2. The summed E-state index contributed by atoms with van der Waals surface area (Å²) in [7, 11) is 0. The normalized spacial score (nSPS) is 14.7. The fraction of sp³-hybridized carbons (Fsp3) is 0.846. The van der Waals surface area contributed by atoms with Gasteiger partial charge in [-0.25, -0.2) is 0 Å². The molecule has 1 amide bonds. The molecular weight excluding hydrogens is 214 g/mol. The topological polar surface area (TPSA) is 56.1 Å².